The number of carbonyl (C=O) groups is 1. The van der Waals surface area contributed by atoms with Crippen LogP contribution in [0.3, 0.4) is 0 Å². The molecule has 5 heteroatoms. The molecule has 0 aliphatic heterocycles. The van der Waals surface area contributed by atoms with E-state index in [2.05, 4.69) is 16.1 Å². The minimum Gasteiger partial charge on any atom is -0.495 e. The van der Waals surface area contributed by atoms with Crippen LogP contribution in [0.1, 0.15) is 26.3 Å². The smallest absolute Gasteiger partial charge is 0.307 e. The van der Waals surface area contributed by atoms with Crippen LogP contribution in [0.4, 0.5) is 0 Å². The molecule has 0 radical (unpaired) electrons. The summed E-state index contributed by atoms with van der Waals surface area (Å²) in [5, 5.41) is 1.07. The normalized spacial score (nSPS) is 12.4. The van der Waals surface area contributed by atoms with Crippen molar-refractivity contribution in [2.45, 2.75) is 26.3 Å². The number of hydrogen-bond donors (Lipinski definition) is 0. The molecule has 1 atom stereocenters. The first-order valence-electron chi connectivity index (χ1n) is 8.40. The van der Waals surface area contributed by atoms with Gasteiger partial charge < -0.3 is 19.0 Å². The standard InChI is InChI=1S/C18H21NO3.C3H7N/c1-5-7-13(2)15(12-17(20)22-4)19-11-10-14-8-6-9-16(21-3)18(14)19;1-3-4-2/h5-11,15H,1,12H2,2-4H3;3H,1-2H3/b13-7+;. The lowest BCUT2D eigenvalue weighted by Crippen LogP contribution is -2.15. The molecule has 5 nitrogen and oxygen atoms in total. The number of benzene rings is 1. The third kappa shape index (κ3) is 5.34. The average molecular weight is 356 g/mol. The fourth-order valence-corrected chi connectivity index (χ4v) is 2.63. The molecule has 1 aromatic heterocycles. The number of methoxy groups -OCH3 is 2. The number of aliphatic imine (C=N–C) groups is 1. The van der Waals surface area contributed by atoms with Gasteiger partial charge in [0, 0.05) is 18.6 Å². The van der Waals surface area contributed by atoms with Gasteiger partial charge in [0.1, 0.15) is 5.75 Å². The topological polar surface area (TPSA) is 52.8 Å². The van der Waals surface area contributed by atoms with E-state index in [4.69, 9.17) is 9.47 Å². The lowest BCUT2D eigenvalue weighted by Gasteiger charge is -2.21. The number of para-hydroxylation sites is 1. The van der Waals surface area contributed by atoms with Crippen molar-refractivity contribution in [2.24, 2.45) is 4.99 Å². The van der Waals surface area contributed by atoms with Crippen molar-refractivity contribution in [1.29, 1.82) is 0 Å². The van der Waals surface area contributed by atoms with E-state index < -0.39 is 0 Å². The predicted octanol–water partition coefficient (Wildman–Crippen LogP) is 4.59. The van der Waals surface area contributed by atoms with Crippen LogP contribution < -0.4 is 4.74 Å². The summed E-state index contributed by atoms with van der Waals surface area (Å²) in [6.45, 7) is 7.60. The second kappa shape index (κ2) is 10.9. The molecule has 0 amide bonds. The quantitative estimate of drug-likeness (QED) is 0.432. The van der Waals surface area contributed by atoms with Crippen LogP contribution in [0.15, 0.2) is 59.8 Å². The summed E-state index contributed by atoms with van der Waals surface area (Å²) in [4.78, 5) is 15.4. The second-order valence-electron chi connectivity index (χ2n) is 5.58. The lowest BCUT2D eigenvalue weighted by atomic mass is 10.0. The number of nitrogens with zero attached hydrogens (tertiary/aromatic N) is 2. The summed E-state index contributed by atoms with van der Waals surface area (Å²) >= 11 is 0. The van der Waals surface area contributed by atoms with Gasteiger partial charge in [0.2, 0.25) is 0 Å². The van der Waals surface area contributed by atoms with Gasteiger partial charge in [-0.1, -0.05) is 36.4 Å². The Morgan fingerprint density at radius 2 is 2.04 bits per heavy atom. The Morgan fingerprint density at radius 3 is 2.58 bits per heavy atom. The molecule has 0 N–H and O–H groups in total. The van der Waals surface area contributed by atoms with E-state index in [1.807, 2.05) is 50.4 Å². The van der Waals surface area contributed by atoms with Crippen LogP contribution in [0.25, 0.3) is 10.9 Å². The van der Waals surface area contributed by atoms with Crippen molar-refractivity contribution in [3.05, 3.63) is 54.8 Å². The van der Waals surface area contributed by atoms with Crippen LogP contribution >= 0.6 is 0 Å². The van der Waals surface area contributed by atoms with Gasteiger partial charge in [0.15, 0.2) is 0 Å². The zero-order chi connectivity index (χ0) is 19.5. The molecule has 1 heterocycles. The molecule has 1 aromatic carbocycles. The Labute approximate surface area is 155 Å². The molecule has 0 fully saturated rings. The van der Waals surface area contributed by atoms with E-state index in [1.54, 1.807) is 26.4 Å². The molecule has 1 unspecified atom stereocenters. The molecule has 140 valence electrons. The van der Waals surface area contributed by atoms with Crippen LogP contribution in [0.5, 0.6) is 5.75 Å². The maximum atomic E-state index is 11.8. The molecule has 0 aliphatic carbocycles. The largest absolute Gasteiger partial charge is 0.495 e. The minimum atomic E-state index is -0.251. The van der Waals surface area contributed by atoms with Crippen LogP contribution in [-0.4, -0.2) is 38.0 Å². The van der Waals surface area contributed by atoms with Crippen molar-refractivity contribution in [2.75, 3.05) is 21.3 Å². The highest BCUT2D eigenvalue weighted by Crippen LogP contribution is 2.33. The molecule has 0 aliphatic rings. The van der Waals surface area contributed by atoms with Crippen molar-refractivity contribution in [3.63, 3.8) is 0 Å². The SMILES string of the molecule is C=C/C=C(\C)C(CC(=O)OC)n1ccc2cccc(OC)c21.CC=NC. The Hall–Kier alpha value is -2.82. The highest BCUT2D eigenvalue weighted by atomic mass is 16.5. The van der Waals surface area contributed by atoms with Gasteiger partial charge >= 0.3 is 5.97 Å². The number of carbonyl (C=O) groups excluding carboxylic acids is 1. The number of aromatic nitrogens is 1. The molecule has 0 saturated carbocycles. The number of rotatable bonds is 6. The Morgan fingerprint density at radius 1 is 1.35 bits per heavy atom. The lowest BCUT2D eigenvalue weighted by molar-refractivity contribution is -0.141. The van der Waals surface area contributed by atoms with Crippen molar-refractivity contribution in [1.82, 2.24) is 4.57 Å². The Bertz CT molecular complexity index is 784. The average Bonchev–Trinajstić information content (AvgIpc) is 3.10. The van der Waals surface area contributed by atoms with Gasteiger partial charge in [-0.3, -0.25) is 4.79 Å². The number of ether oxygens (including phenoxy) is 2. The molecule has 2 rings (SSSR count). The number of fused-ring (bicyclic) bond motifs is 1. The van der Waals surface area contributed by atoms with Gasteiger partial charge in [-0.2, -0.15) is 0 Å². The molecular formula is C21H28N2O3. The van der Waals surface area contributed by atoms with Crippen molar-refractivity contribution >= 4 is 23.1 Å². The van der Waals surface area contributed by atoms with E-state index in [0.29, 0.717) is 0 Å². The van der Waals surface area contributed by atoms with Crippen LogP contribution in [0, 0.1) is 0 Å². The van der Waals surface area contributed by atoms with Gasteiger partial charge in [-0.25, -0.2) is 0 Å². The van der Waals surface area contributed by atoms with E-state index in [-0.39, 0.29) is 18.4 Å². The van der Waals surface area contributed by atoms with Gasteiger partial charge in [0.05, 0.1) is 32.2 Å². The summed E-state index contributed by atoms with van der Waals surface area (Å²) in [6, 6.07) is 7.77. The molecular weight excluding hydrogens is 328 g/mol. The Kier molecular flexibility index (Phi) is 8.92. The van der Waals surface area contributed by atoms with Crippen molar-refractivity contribution < 1.29 is 14.3 Å². The first-order valence-corrected chi connectivity index (χ1v) is 8.40. The van der Waals surface area contributed by atoms with Gasteiger partial charge in [0.25, 0.3) is 0 Å². The molecule has 0 spiro atoms. The second-order valence-corrected chi connectivity index (χ2v) is 5.58. The maximum absolute atomic E-state index is 11.8. The zero-order valence-corrected chi connectivity index (χ0v) is 16.2. The third-order valence-electron chi connectivity index (χ3n) is 4.01. The zero-order valence-electron chi connectivity index (χ0n) is 16.2. The summed E-state index contributed by atoms with van der Waals surface area (Å²) in [5.41, 5.74) is 2.00. The first kappa shape index (κ1) is 21.2. The van der Waals surface area contributed by atoms with Crippen LogP contribution in [0.2, 0.25) is 0 Å². The fraction of sp³-hybridized carbons (Fsp3) is 0.333. The first-order chi connectivity index (χ1) is 12.5. The third-order valence-corrected chi connectivity index (χ3v) is 4.01. The molecule has 0 saturated heterocycles. The monoisotopic (exact) mass is 356 g/mol. The van der Waals surface area contributed by atoms with Crippen LogP contribution in [-0.2, 0) is 9.53 Å². The summed E-state index contributed by atoms with van der Waals surface area (Å²) < 4.78 is 12.4. The van der Waals surface area contributed by atoms with E-state index in [0.717, 1.165) is 22.2 Å². The number of allylic oxidation sites excluding steroid dienone is 3. The van der Waals surface area contributed by atoms with Gasteiger partial charge in [-0.15, -0.1) is 0 Å². The van der Waals surface area contributed by atoms with E-state index >= 15 is 0 Å². The van der Waals surface area contributed by atoms with E-state index in [9.17, 15) is 4.79 Å². The van der Waals surface area contributed by atoms with E-state index in [1.165, 1.54) is 7.11 Å². The maximum Gasteiger partial charge on any atom is 0.307 e. The fourth-order valence-electron chi connectivity index (χ4n) is 2.63. The minimum absolute atomic E-state index is 0.140. The highest BCUT2D eigenvalue weighted by molar-refractivity contribution is 5.86. The highest BCUT2D eigenvalue weighted by Gasteiger charge is 2.20. The molecule has 0 bridgehead atoms. The predicted molar refractivity (Wildman–Crippen MR) is 108 cm³/mol. The van der Waals surface area contributed by atoms with Gasteiger partial charge in [-0.05, 0) is 32.2 Å². The molecule has 2 aromatic rings. The number of esters is 1. The molecule has 26 heavy (non-hydrogen) atoms. The summed E-state index contributed by atoms with van der Waals surface area (Å²) in [5.74, 6) is 0.530. The summed E-state index contributed by atoms with van der Waals surface area (Å²) in [7, 11) is 4.80. The number of hydrogen-bond acceptors (Lipinski definition) is 4. The Balaban J connectivity index is 0.000000765. The summed E-state index contributed by atoms with van der Waals surface area (Å²) in [6.07, 6.45) is 7.62. The van der Waals surface area contributed by atoms with Crippen molar-refractivity contribution in [3.8, 4) is 5.75 Å².